The Morgan fingerprint density at radius 1 is 1.11 bits per heavy atom. The minimum Gasteiger partial charge on any atom is -0.347 e. The van der Waals surface area contributed by atoms with Crippen LogP contribution in [-0.2, 0) is 20.8 Å². The summed E-state index contributed by atoms with van der Waals surface area (Å²) in [5.41, 5.74) is -1.02. The first-order valence-corrected chi connectivity index (χ1v) is 13.9. The number of carbonyl (C=O) groups excluding carboxylic acids is 2. The fraction of sp³-hybridized carbons (Fsp3) is 0.480. The van der Waals surface area contributed by atoms with E-state index < -0.39 is 51.3 Å². The second kappa shape index (κ2) is 9.07. The van der Waals surface area contributed by atoms with Gasteiger partial charge in [0.1, 0.15) is 11.9 Å². The van der Waals surface area contributed by atoms with E-state index in [1.165, 1.54) is 29.3 Å². The third-order valence-electron chi connectivity index (χ3n) is 7.54. The van der Waals surface area contributed by atoms with Crippen molar-refractivity contribution < 1.29 is 35.6 Å². The van der Waals surface area contributed by atoms with E-state index in [0.717, 1.165) is 31.6 Å². The fourth-order valence-electron chi connectivity index (χ4n) is 5.35. The second-order valence-electron chi connectivity index (χ2n) is 10.1. The third-order valence-corrected chi connectivity index (χ3v) is 8.53. The summed E-state index contributed by atoms with van der Waals surface area (Å²) in [6.45, 7) is 0. The molecule has 5 rings (SSSR count). The first-order chi connectivity index (χ1) is 17.3. The maximum atomic E-state index is 14.3. The van der Waals surface area contributed by atoms with Crippen molar-refractivity contribution in [3.63, 3.8) is 0 Å². The first-order valence-electron chi connectivity index (χ1n) is 12.0. The van der Waals surface area contributed by atoms with E-state index in [0.29, 0.717) is 18.9 Å². The highest BCUT2D eigenvalue weighted by Gasteiger charge is 2.52. The molecule has 1 aromatic heterocycles. The molecule has 0 bridgehead atoms. The molecular formula is C25H25F4N3O4S. The molecular weight excluding hydrogens is 514 g/mol. The molecule has 2 saturated carbocycles. The summed E-state index contributed by atoms with van der Waals surface area (Å²) in [6.07, 6.45) is 0.837. The Morgan fingerprint density at radius 3 is 2.41 bits per heavy atom. The van der Waals surface area contributed by atoms with Gasteiger partial charge in [0.15, 0.2) is 14.9 Å². The number of fused-ring (bicyclic) bond motifs is 1. The van der Waals surface area contributed by atoms with Crippen molar-refractivity contribution in [2.24, 2.45) is 11.8 Å². The van der Waals surface area contributed by atoms with Gasteiger partial charge in [-0.1, -0.05) is 6.07 Å². The van der Waals surface area contributed by atoms with Crippen LogP contribution in [0, 0.1) is 17.7 Å². The molecule has 2 aliphatic carbocycles. The first kappa shape index (κ1) is 25.6. The standard InChI is InChI=1S/C25H25F4N3O4S/c1-37(35,36)21-12-16(8-9-30-21)24(34)32-19-7-5-14(19)11-20(32)23(33)31-22(13-2-3-13)15-4-6-17(18(26)10-15)25(27,28)29/h4,6,8-10,12-14,19-20,22H,2-3,5,7,11H2,1H3,(H,31,33)/t14-,19-,20-,22-/m1/s1. The summed E-state index contributed by atoms with van der Waals surface area (Å²) in [5.74, 6) is -2.26. The number of amides is 2. The van der Waals surface area contributed by atoms with Gasteiger partial charge in [-0.3, -0.25) is 9.59 Å². The highest BCUT2D eigenvalue weighted by Crippen LogP contribution is 2.46. The van der Waals surface area contributed by atoms with Crippen LogP contribution < -0.4 is 5.32 Å². The smallest absolute Gasteiger partial charge is 0.347 e. The summed E-state index contributed by atoms with van der Waals surface area (Å²) < 4.78 is 77.1. The van der Waals surface area contributed by atoms with E-state index in [-0.39, 0.29) is 34.0 Å². The Labute approximate surface area is 211 Å². The van der Waals surface area contributed by atoms with Crippen molar-refractivity contribution in [3.8, 4) is 0 Å². The zero-order valence-electron chi connectivity index (χ0n) is 19.8. The molecule has 2 amide bonds. The molecule has 0 radical (unpaired) electrons. The van der Waals surface area contributed by atoms with Crippen LogP contribution in [0.4, 0.5) is 17.6 Å². The Bertz CT molecular complexity index is 1360. The highest BCUT2D eigenvalue weighted by atomic mass is 32.2. The molecule has 1 aliphatic heterocycles. The molecule has 37 heavy (non-hydrogen) atoms. The molecule has 0 unspecified atom stereocenters. The van der Waals surface area contributed by atoms with Gasteiger partial charge < -0.3 is 10.2 Å². The molecule has 1 saturated heterocycles. The van der Waals surface area contributed by atoms with Gasteiger partial charge in [0.05, 0.1) is 11.6 Å². The molecule has 0 spiro atoms. The van der Waals surface area contributed by atoms with Gasteiger partial charge in [-0.15, -0.1) is 0 Å². The van der Waals surface area contributed by atoms with Gasteiger partial charge in [-0.2, -0.15) is 13.2 Å². The number of aromatic nitrogens is 1. The lowest BCUT2D eigenvalue weighted by Gasteiger charge is -2.37. The Balaban J connectivity index is 1.40. The molecule has 1 N–H and O–H groups in total. The highest BCUT2D eigenvalue weighted by molar-refractivity contribution is 7.90. The monoisotopic (exact) mass is 539 g/mol. The second-order valence-corrected chi connectivity index (χ2v) is 12.0. The average Bonchev–Trinajstić information content (AvgIpc) is 3.60. The molecule has 7 nitrogen and oxygen atoms in total. The number of pyridine rings is 1. The number of hydrogen-bond acceptors (Lipinski definition) is 5. The number of benzene rings is 1. The quantitative estimate of drug-likeness (QED) is 0.562. The molecule has 12 heteroatoms. The van der Waals surface area contributed by atoms with Crippen LogP contribution >= 0.6 is 0 Å². The van der Waals surface area contributed by atoms with Crippen LogP contribution in [0.15, 0.2) is 41.6 Å². The van der Waals surface area contributed by atoms with Gasteiger partial charge in [0, 0.05) is 24.1 Å². The van der Waals surface area contributed by atoms with Crippen LogP contribution in [0.2, 0.25) is 0 Å². The lowest BCUT2D eigenvalue weighted by Crippen LogP contribution is -2.51. The number of nitrogens with one attached hydrogen (secondary N) is 1. The number of carbonyl (C=O) groups is 2. The van der Waals surface area contributed by atoms with Gasteiger partial charge in [-0.05, 0) is 73.8 Å². The number of nitrogens with zero attached hydrogens (tertiary/aromatic N) is 2. The van der Waals surface area contributed by atoms with Gasteiger partial charge >= 0.3 is 6.18 Å². The van der Waals surface area contributed by atoms with Crippen LogP contribution in [0.25, 0.3) is 0 Å². The van der Waals surface area contributed by atoms with E-state index in [4.69, 9.17) is 0 Å². The van der Waals surface area contributed by atoms with E-state index in [2.05, 4.69) is 10.3 Å². The summed E-state index contributed by atoms with van der Waals surface area (Å²) in [6, 6.07) is 3.59. The average molecular weight is 540 g/mol. The SMILES string of the molecule is CS(=O)(=O)c1cc(C(=O)N2[C@@H](C(=O)N[C@@H](c3ccc(C(F)(F)F)c(F)c3)C3CC3)C[C@H]3CC[C@H]32)ccn1. The topological polar surface area (TPSA) is 96.4 Å². The zero-order valence-corrected chi connectivity index (χ0v) is 20.7. The summed E-state index contributed by atoms with van der Waals surface area (Å²) in [4.78, 5) is 32.3. The van der Waals surface area contributed by atoms with Gasteiger partial charge in [0.25, 0.3) is 5.91 Å². The van der Waals surface area contributed by atoms with Crippen LogP contribution in [0.1, 0.15) is 59.6 Å². The zero-order chi connectivity index (χ0) is 26.7. The summed E-state index contributed by atoms with van der Waals surface area (Å²) >= 11 is 0. The molecule has 2 heterocycles. The summed E-state index contributed by atoms with van der Waals surface area (Å²) in [5, 5.41) is 2.63. The van der Waals surface area contributed by atoms with Gasteiger partial charge in [-0.25, -0.2) is 17.8 Å². The predicted molar refractivity (Wildman–Crippen MR) is 123 cm³/mol. The Morgan fingerprint density at radius 2 is 1.84 bits per heavy atom. The van der Waals surface area contributed by atoms with Crippen LogP contribution in [-0.4, -0.2) is 48.5 Å². The molecule has 1 aromatic carbocycles. The third kappa shape index (κ3) is 4.95. The van der Waals surface area contributed by atoms with Crippen molar-refractivity contribution in [2.75, 3.05) is 6.26 Å². The van der Waals surface area contributed by atoms with Crippen LogP contribution in [0.5, 0.6) is 0 Å². The molecule has 2 aromatic rings. The number of likely N-dealkylation sites (tertiary alicyclic amines) is 1. The number of halogens is 4. The number of rotatable bonds is 6. The van der Waals surface area contributed by atoms with Crippen molar-refractivity contribution in [1.82, 2.24) is 15.2 Å². The van der Waals surface area contributed by atoms with Crippen molar-refractivity contribution in [1.29, 1.82) is 0 Å². The van der Waals surface area contributed by atoms with E-state index in [1.807, 2.05) is 0 Å². The number of hydrogen-bond donors (Lipinski definition) is 1. The Kier molecular flexibility index (Phi) is 6.28. The number of alkyl halides is 3. The van der Waals surface area contributed by atoms with Crippen molar-refractivity contribution >= 4 is 21.7 Å². The maximum absolute atomic E-state index is 14.3. The molecule has 198 valence electrons. The predicted octanol–water partition coefficient (Wildman–Crippen LogP) is 3.90. The number of sulfone groups is 1. The minimum atomic E-state index is -4.82. The summed E-state index contributed by atoms with van der Waals surface area (Å²) in [7, 11) is -3.65. The lowest BCUT2D eigenvalue weighted by atomic mass is 9.80. The van der Waals surface area contributed by atoms with E-state index in [9.17, 15) is 35.6 Å². The minimum absolute atomic E-state index is 0.0418. The normalized spacial score (nSPS) is 24.2. The lowest BCUT2D eigenvalue weighted by molar-refractivity contribution is -0.140. The molecule has 3 fully saturated rings. The maximum Gasteiger partial charge on any atom is 0.419 e. The Hall–Kier alpha value is -3.02. The van der Waals surface area contributed by atoms with E-state index in [1.54, 1.807) is 0 Å². The largest absolute Gasteiger partial charge is 0.419 e. The van der Waals surface area contributed by atoms with Gasteiger partial charge in [0.2, 0.25) is 5.91 Å². The van der Waals surface area contributed by atoms with Crippen molar-refractivity contribution in [2.45, 2.75) is 61.4 Å². The van der Waals surface area contributed by atoms with E-state index >= 15 is 0 Å². The molecule has 4 atom stereocenters. The fourth-order valence-corrected chi connectivity index (χ4v) is 5.94. The molecule has 3 aliphatic rings. The van der Waals surface area contributed by atoms with Crippen LogP contribution in [0.3, 0.4) is 0 Å². The van der Waals surface area contributed by atoms with Crippen molar-refractivity contribution in [3.05, 3.63) is 59.0 Å².